The summed E-state index contributed by atoms with van der Waals surface area (Å²) in [7, 11) is 0. The van der Waals surface area contributed by atoms with Crippen molar-refractivity contribution in [3.8, 4) is 0 Å². The van der Waals surface area contributed by atoms with Gasteiger partial charge in [0.1, 0.15) is 0 Å². The number of carbonyl (C=O) groups is 3. The molecule has 3 amide bonds. The van der Waals surface area contributed by atoms with E-state index in [9.17, 15) is 14.4 Å². The Labute approximate surface area is 141 Å². The van der Waals surface area contributed by atoms with Gasteiger partial charge in [-0.05, 0) is 12.1 Å². The van der Waals surface area contributed by atoms with Gasteiger partial charge in [-0.25, -0.2) is 0 Å². The Bertz CT molecular complexity index is 545. The number of benzene rings is 1. The molecule has 1 aliphatic heterocycles. The van der Waals surface area contributed by atoms with Crippen molar-refractivity contribution < 1.29 is 14.4 Å². The summed E-state index contributed by atoms with van der Waals surface area (Å²) in [6, 6.07) is 9.08. The standard InChI is InChI=1S/C15H20N4O3.ClH/c16-10-13(20)17-11-14(21)18-6-8-19(9-7-18)15(22)12-4-2-1-3-5-12;/h1-5H,6-11,16H2,(H,17,20);1H. The van der Waals surface area contributed by atoms with Gasteiger partial charge in [0.25, 0.3) is 5.91 Å². The first-order chi connectivity index (χ1) is 10.6. The third-order valence-electron chi connectivity index (χ3n) is 3.56. The number of hydrogen-bond acceptors (Lipinski definition) is 4. The highest BCUT2D eigenvalue weighted by Crippen LogP contribution is 2.08. The lowest BCUT2D eigenvalue weighted by molar-refractivity contribution is -0.133. The zero-order chi connectivity index (χ0) is 15.9. The quantitative estimate of drug-likeness (QED) is 0.770. The third-order valence-corrected chi connectivity index (χ3v) is 3.56. The average Bonchev–Trinajstić information content (AvgIpc) is 2.59. The van der Waals surface area contributed by atoms with E-state index in [1.165, 1.54) is 0 Å². The van der Waals surface area contributed by atoms with E-state index in [2.05, 4.69) is 5.32 Å². The second-order valence-electron chi connectivity index (χ2n) is 5.02. The van der Waals surface area contributed by atoms with Gasteiger partial charge in [-0.1, -0.05) is 18.2 Å². The number of nitrogens with zero attached hydrogens (tertiary/aromatic N) is 2. The molecule has 1 aromatic carbocycles. The molecule has 0 saturated carbocycles. The van der Waals surface area contributed by atoms with Gasteiger partial charge >= 0.3 is 0 Å². The maximum Gasteiger partial charge on any atom is 0.253 e. The van der Waals surface area contributed by atoms with Gasteiger partial charge < -0.3 is 20.9 Å². The van der Waals surface area contributed by atoms with Crippen molar-refractivity contribution in [2.24, 2.45) is 5.73 Å². The zero-order valence-electron chi connectivity index (χ0n) is 12.7. The minimum atomic E-state index is -0.355. The fourth-order valence-corrected chi connectivity index (χ4v) is 2.28. The maximum absolute atomic E-state index is 12.3. The fraction of sp³-hybridized carbons (Fsp3) is 0.400. The van der Waals surface area contributed by atoms with E-state index in [-0.39, 0.29) is 43.2 Å². The van der Waals surface area contributed by atoms with Crippen LogP contribution in [-0.4, -0.2) is 66.8 Å². The molecule has 23 heavy (non-hydrogen) atoms. The summed E-state index contributed by atoms with van der Waals surface area (Å²) in [5, 5.41) is 2.45. The van der Waals surface area contributed by atoms with Crippen LogP contribution in [0.15, 0.2) is 30.3 Å². The molecule has 2 rings (SSSR count). The average molecular weight is 341 g/mol. The zero-order valence-corrected chi connectivity index (χ0v) is 13.6. The van der Waals surface area contributed by atoms with Crippen LogP contribution in [-0.2, 0) is 9.59 Å². The largest absolute Gasteiger partial charge is 0.346 e. The van der Waals surface area contributed by atoms with Gasteiger partial charge in [0.05, 0.1) is 13.1 Å². The van der Waals surface area contributed by atoms with E-state index < -0.39 is 0 Å². The molecule has 0 bridgehead atoms. The van der Waals surface area contributed by atoms with Crippen molar-refractivity contribution in [2.45, 2.75) is 0 Å². The normalized spacial score (nSPS) is 14.0. The van der Waals surface area contributed by atoms with Crippen LogP contribution < -0.4 is 11.1 Å². The Morgan fingerprint density at radius 3 is 2.13 bits per heavy atom. The number of nitrogens with two attached hydrogens (primary N) is 1. The second-order valence-corrected chi connectivity index (χ2v) is 5.02. The highest BCUT2D eigenvalue weighted by molar-refractivity contribution is 5.94. The van der Waals surface area contributed by atoms with Crippen LogP contribution in [0.25, 0.3) is 0 Å². The molecule has 1 aliphatic rings. The van der Waals surface area contributed by atoms with Gasteiger partial charge in [0, 0.05) is 31.7 Å². The summed E-state index contributed by atoms with van der Waals surface area (Å²) in [6.07, 6.45) is 0. The summed E-state index contributed by atoms with van der Waals surface area (Å²) in [4.78, 5) is 38.6. The van der Waals surface area contributed by atoms with E-state index in [0.717, 1.165) is 0 Å². The van der Waals surface area contributed by atoms with Crippen LogP contribution in [0, 0.1) is 0 Å². The lowest BCUT2D eigenvalue weighted by Crippen LogP contribution is -2.52. The van der Waals surface area contributed by atoms with Gasteiger partial charge in [-0.2, -0.15) is 0 Å². The first-order valence-corrected chi connectivity index (χ1v) is 7.20. The van der Waals surface area contributed by atoms with Gasteiger partial charge in [0.15, 0.2) is 0 Å². The fourth-order valence-electron chi connectivity index (χ4n) is 2.28. The topological polar surface area (TPSA) is 95.7 Å². The third kappa shape index (κ3) is 5.22. The van der Waals surface area contributed by atoms with Crippen LogP contribution in [0.2, 0.25) is 0 Å². The van der Waals surface area contributed by atoms with Crippen molar-refractivity contribution in [3.05, 3.63) is 35.9 Å². The molecule has 0 radical (unpaired) electrons. The molecule has 3 N–H and O–H groups in total. The van der Waals surface area contributed by atoms with Crippen LogP contribution in [0.1, 0.15) is 10.4 Å². The number of carbonyl (C=O) groups excluding carboxylic acids is 3. The van der Waals surface area contributed by atoms with Gasteiger partial charge in [-0.15, -0.1) is 12.4 Å². The monoisotopic (exact) mass is 340 g/mol. The molecule has 8 heteroatoms. The van der Waals surface area contributed by atoms with E-state index >= 15 is 0 Å². The SMILES string of the molecule is Cl.NCC(=O)NCC(=O)N1CCN(C(=O)c2ccccc2)CC1. The van der Waals surface area contributed by atoms with Crippen LogP contribution in [0.3, 0.4) is 0 Å². The molecule has 0 aromatic heterocycles. The molecule has 1 fully saturated rings. The first kappa shape index (κ1) is 18.9. The molecule has 0 atom stereocenters. The highest BCUT2D eigenvalue weighted by atomic mass is 35.5. The van der Waals surface area contributed by atoms with Crippen molar-refractivity contribution in [1.29, 1.82) is 0 Å². The van der Waals surface area contributed by atoms with E-state index in [4.69, 9.17) is 5.73 Å². The summed E-state index contributed by atoms with van der Waals surface area (Å²) in [6.45, 7) is 1.73. The predicted octanol–water partition coefficient (Wildman–Crippen LogP) is -0.532. The Morgan fingerprint density at radius 1 is 1.00 bits per heavy atom. The molecule has 1 heterocycles. The maximum atomic E-state index is 12.3. The molecule has 0 unspecified atom stereocenters. The second kappa shape index (κ2) is 9.12. The smallest absolute Gasteiger partial charge is 0.253 e. The summed E-state index contributed by atoms with van der Waals surface area (Å²) >= 11 is 0. The van der Waals surface area contributed by atoms with E-state index in [1.54, 1.807) is 21.9 Å². The highest BCUT2D eigenvalue weighted by Gasteiger charge is 2.24. The van der Waals surface area contributed by atoms with Crippen LogP contribution in [0.5, 0.6) is 0 Å². The molecule has 126 valence electrons. The van der Waals surface area contributed by atoms with Crippen LogP contribution in [0.4, 0.5) is 0 Å². The predicted molar refractivity (Wildman–Crippen MR) is 88.2 cm³/mol. The Kier molecular flexibility index (Phi) is 7.50. The van der Waals surface area contributed by atoms with Gasteiger partial charge in [-0.3, -0.25) is 14.4 Å². The minimum Gasteiger partial charge on any atom is -0.346 e. The molecule has 0 aliphatic carbocycles. The van der Waals surface area contributed by atoms with Gasteiger partial charge in [0.2, 0.25) is 11.8 Å². The summed E-state index contributed by atoms with van der Waals surface area (Å²) in [5.74, 6) is -0.538. The number of halogens is 1. The number of nitrogens with one attached hydrogen (secondary N) is 1. The van der Waals surface area contributed by atoms with Crippen LogP contribution >= 0.6 is 12.4 Å². The molecular weight excluding hydrogens is 320 g/mol. The molecule has 7 nitrogen and oxygen atoms in total. The number of piperazine rings is 1. The summed E-state index contributed by atoms with van der Waals surface area (Å²) in [5.41, 5.74) is 5.81. The first-order valence-electron chi connectivity index (χ1n) is 7.20. The molecular formula is C15H21ClN4O3. The Morgan fingerprint density at radius 2 is 1.57 bits per heavy atom. The lowest BCUT2D eigenvalue weighted by Gasteiger charge is -2.34. The Balaban J connectivity index is 0.00000264. The van der Waals surface area contributed by atoms with Crippen molar-refractivity contribution in [3.63, 3.8) is 0 Å². The van der Waals surface area contributed by atoms with Crippen molar-refractivity contribution in [1.82, 2.24) is 15.1 Å². The molecule has 1 saturated heterocycles. The minimum absolute atomic E-state index is 0. The van der Waals surface area contributed by atoms with Crippen molar-refractivity contribution >= 4 is 30.1 Å². The summed E-state index contributed by atoms with van der Waals surface area (Å²) < 4.78 is 0. The number of rotatable bonds is 4. The van der Waals surface area contributed by atoms with E-state index in [1.807, 2.05) is 18.2 Å². The number of amides is 3. The molecule has 0 spiro atoms. The lowest BCUT2D eigenvalue weighted by atomic mass is 10.2. The molecule has 1 aromatic rings. The van der Waals surface area contributed by atoms with E-state index in [0.29, 0.717) is 31.7 Å². The Hall–Kier alpha value is -2.12. The van der Waals surface area contributed by atoms with Crippen molar-refractivity contribution in [2.75, 3.05) is 39.3 Å². The number of hydrogen-bond donors (Lipinski definition) is 2.